The summed E-state index contributed by atoms with van der Waals surface area (Å²) in [4.78, 5) is 36.7. The van der Waals surface area contributed by atoms with Crippen LogP contribution in [0, 0.1) is 5.82 Å². The molecule has 2 aromatic rings. The minimum absolute atomic E-state index is 0.0732. The van der Waals surface area contributed by atoms with Gasteiger partial charge >= 0.3 is 12.2 Å². The number of hydrogen-bond donors (Lipinski definition) is 2. The van der Waals surface area contributed by atoms with E-state index in [1.54, 1.807) is 5.32 Å². The molecule has 0 unspecified atom stereocenters. The second kappa shape index (κ2) is 6.09. The van der Waals surface area contributed by atoms with Crippen molar-refractivity contribution in [3.8, 4) is 0 Å². The fraction of sp³-hybridized carbons (Fsp3) is 0.133. The van der Waals surface area contributed by atoms with Crippen LogP contribution < -0.4 is 15.5 Å². The molecule has 0 aliphatic carbocycles. The number of rotatable bonds is 3. The highest BCUT2D eigenvalue weighted by atomic mass is 32.1. The summed E-state index contributed by atoms with van der Waals surface area (Å²) in [5, 5.41) is 4.55. The normalized spacial score (nSPS) is 20.2. The maximum absolute atomic E-state index is 13.7. The van der Waals surface area contributed by atoms with Gasteiger partial charge in [-0.1, -0.05) is 6.07 Å². The number of hydrogen-bond acceptors (Lipinski definition) is 4. The molecule has 1 aliphatic rings. The number of amides is 4. The number of thiophene rings is 1. The van der Waals surface area contributed by atoms with E-state index in [1.165, 1.54) is 22.8 Å². The van der Waals surface area contributed by atoms with E-state index in [0.29, 0.717) is 0 Å². The molecule has 1 aliphatic heterocycles. The van der Waals surface area contributed by atoms with E-state index < -0.39 is 35.5 Å². The van der Waals surface area contributed by atoms with Crippen LogP contribution in [0.5, 0.6) is 0 Å². The summed E-state index contributed by atoms with van der Waals surface area (Å²) >= 11 is 0.866. The second-order valence-electron chi connectivity index (χ2n) is 5.23. The molecule has 2 heterocycles. The molecule has 26 heavy (non-hydrogen) atoms. The van der Waals surface area contributed by atoms with Crippen molar-refractivity contribution in [2.45, 2.75) is 11.8 Å². The SMILES string of the molecule is O=C(N[C@]1(C(F)(F)F)NC(=O)N(c2ccc(F)cc2)C1=O)c1cccs1. The number of alkyl halides is 3. The Morgan fingerprint density at radius 1 is 1.15 bits per heavy atom. The third kappa shape index (κ3) is 2.79. The highest BCUT2D eigenvalue weighted by Gasteiger charge is 2.69. The maximum atomic E-state index is 13.7. The van der Waals surface area contributed by atoms with Gasteiger partial charge in [0.25, 0.3) is 17.5 Å². The number of urea groups is 1. The highest BCUT2D eigenvalue weighted by Crippen LogP contribution is 2.36. The molecule has 136 valence electrons. The third-order valence-electron chi connectivity index (χ3n) is 3.58. The lowest BCUT2D eigenvalue weighted by atomic mass is 10.1. The fourth-order valence-corrected chi connectivity index (χ4v) is 2.96. The number of halogens is 4. The van der Waals surface area contributed by atoms with E-state index in [2.05, 4.69) is 0 Å². The molecule has 1 aromatic heterocycles. The Hall–Kier alpha value is -2.95. The van der Waals surface area contributed by atoms with E-state index in [-0.39, 0.29) is 15.5 Å². The molecule has 6 nitrogen and oxygen atoms in total. The number of anilines is 1. The summed E-state index contributed by atoms with van der Waals surface area (Å²) in [5.41, 5.74) is -3.90. The van der Waals surface area contributed by atoms with Gasteiger partial charge in [0.2, 0.25) is 0 Å². The summed E-state index contributed by atoms with van der Waals surface area (Å²) < 4.78 is 54.0. The molecular formula is C15H9F4N3O3S. The minimum Gasteiger partial charge on any atom is -0.313 e. The lowest BCUT2D eigenvalue weighted by molar-refractivity contribution is -0.197. The maximum Gasteiger partial charge on any atom is 0.440 e. The predicted molar refractivity (Wildman–Crippen MR) is 83.0 cm³/mol. The van der Waals surface area contributed by atoms with Gasteiger partial charge in [0, 0.05) is 0 Å². The second-order valence-corrected chi connectivity index (χ2v) is 6.17. The first-order chi connectivity index (χ1) is 12.2. The van der Waals surface area contributed by atoms with Crippen LogP contribution in [0.15, 0.2) is 41.8 Å². The zero-order chi connectivity index (χ0) is 19.1. The number of benzene rings is 1. The van der Waals surface area contributed by atoms with Gasteiger partial charge in [-0.25, -0.2) is 14.1 Å². The molecule has 0 spiro atoms. The fourth-order valence-electron chi connectivity index (χ4n) is 2.34. The molecule has 0 saturated carbocycles. The summed E-state index contributed by atoms with van der Waals surface area (Å²) in [6.45, 7) is 0. The number of carbonyl (C=O) groups excluding carboxylic acids is 3. The van der Waals surface area contributed by atoms with E-state index in [4.69, 9.17) is 0 Å². The Kier molecular flexibility index (Phi) is 4.18. The van der Waals surface area contributed by atoms with Crippen LogP contribution in [0.1, 0.15) is 9.67 Å². The van der Waals surface area contributed by atoms with Crippen LogP contribution in [0.3, 0.4) is 0 Å². The molecule has 1 atom stereocenters. The molecule has 1 fully saturated rings. The smallest absolute Gasteiger partial charge is 0.313 e. The first kappa shape index (κ1) is 17.9. The summed E-state index contributed by atoms with van der Waals surface area (Å²) in [7, 11) is 0. The molecule has 1 aromatic carbocycles. The zero-order valence-electron chi connectivity index (χ0n) is 12.6. The van der Waals surface area contributed by atoms with Crippen molar-refractivity contribution in [2.24, 2.45) is 0 Å². The highest BCUT2D eigenvalue weighted by molar-refractivity contribution is 7.12. The van der Waals surface area contributed by atoms with Gasteiger partial charge in [0.15, 0.2) is 0 Å². The number of nitrogens with one attached hydrogen (secondary N) is 2. The standard InChI is InChI=1S/C15H9F4N3O3S/c16-8-3-5-9(6-4-8)22-12(24)14(15(17,18)19,21-13(22)25)20-11(23)10-2-1-7-26-10/h1-7H,(H,20,23)(H,21,25)/t14-/m0/s1. The van der Waals surface area contributed by atoms with Crippen molar-refractivity contribution in [1.82, 2.24) is 10.6 Å². The first-order valence-electron chi connectivity index (χ1n) is 7.01. The van der Waals surface area contributed by atoms with Gasteiger partial charge in [-0.3, -0.25) is 14.9 Å². The van der Waals surface area contributed by atoms with Gasteiger partial charge < -0.3 is 5.32 Å². The monoisotopic (exact) mass is 387 g/mol. The van der Waals surface area contributed by atoms with Crippen molar-refractivity contribution in [2.75, 3.05) is 4.90 Å². The van der Waals surface area contributed by atoms with Crippen LogP contribution in [0.25, 0.3) is 0 Å². The Morgan fingerprint density at radius 2 is 1.81 bits per heavy atom. The lowest BCUT2D eigenvalue weighted by Gasteiger charge is -2.29. The van der Waals surface area contributed by atoms with Crippen molar-refractivity contribution in [1.29, 1.82) is 0 Å². The van der Waals surface area contributed by atoms with E-state index in [9.17, 15) is 31.9 Å². The number of carbonyl (C=O) groups is 3. The zero-order valence-corrected chi connectivity index (χ0v) is 13.5. The van der Waals surface area contributed by atoms with E-state index in [0.717, 1.165) is 35.6 Å². The van der Waals surface area contributed by atoms with Crippen LogP contribution in [0.4, 0.5) is 28.0 Å². The molecule has 3 rings (SSSR count). The third-order valence-corrected chi connectivity index (χ3v) is 4.45. The average molecular weight is 387 g/mol. The van der Waals surface area contributed by atoms with E-state index >= 15 is 0 Å². The van der Waals surface area contributed by atoms with Crippen LogP contribution in [-0.4, -0.2) is 29.7 Å². The first-order valence-corrected chi connectivity index (χ1v) is 7.89. The van der Waals surface area contributed by atoms with E-state index in [1.807, 2.05) is 0 Å². The molecule has 4 amide bonds. The Balaban J connectivity index is 2.00. The van der Waals surface area contributed by atoms with Crippen molar-refractivity contribution in [3.63, 3.8) is 0 Å². The Labute approximate surface area is 147 Å². The van der Waals surface area contributed by atoms with Crippen molar-refractivity contribution >= 4 is 34.9 Å². The Morgan fingerprint density at radius 3 is 2.35 bits per heavy atom. The molecule has 2 N–H and O–H groups in total. The minimum atomic E-state index is -5.32. The quantitative estimate of drug-likeness (QED) is 0.628. The molecule has 0 bridgehead atoms. The average Bonchev–Trinajstić information content (AvgIpc) is 3.16. The van der Waals surface area contributed by atoms with Crippen LogP contribution in [-0.2, 0) is 4.79 Å². The van der Waals surface area contributed by atoms with Gasteiger partial charge in [-0.05, 0) is 35.7 Å². The van der Waals surface area contributed by atoms with Crippen molar-refractivity contribution < 1.29 is 31.9 Å². The largest absolute Gasteiger partial charge is 0.440 e. The molecule has 11 heteroatoms. The number of nitrogens with zero attached hydrogens (tertiary/aromatic N) is 1. The number of imide groups is 1. The van der Waals surface area contributed by atoms with Crippen LogP contribution >= 0.6 is 11.3 Å². The van der Waals surface area contributed by atoms with Gasteiger partial charge in [0.05, 0.1) is 10.6 Å². The topological polar surface area (TPSA) is 78.5 Å². The molecule has 0 radical (unpaired) electrons. The van der Waals surface area contributed by atoms with Gasteiger partial charge in [-0.2, -0.15) is 13.2 Å². The predicted octanol–water partition coefficient (Wildman–Crippen LogP) is 2.63. The Bertz CT molecular complexity index is 867. The van der Waals surface area contributed by atoms with Crippen LogP contribution in [0.2, 0.25) is 0 Å². The summed E-state index contributed by atoms with van der Waals surface area (Å²) in [6.07, 6.45) is -5.32. The molecule has 1 saturated heterocycles. The van der Waals surface area contributed by atoms with Gasteiger partial charge in [0.1, 0.15) is 5.82 Å². The van der Waals surface area contributed by atoms with Gasteiger partial charge in [-0.15, -0.1) is 11.3 Å². The van der Waals surface area contributed by atoms with Crippen molar-refractivity contribution in [3.05, 3.63) is 52.5 Å². The summed E-state index contributed by atoms with van der Waals surface area (Å²) in [6, 6.07) is 5.02. The molecular weight excluding hydrogens is 378 g/mol. The lowest BCUT2D eigenvalue weighted by Crippen LogP contribution is -2.69. The summed E-state index contributed by atoms with van der Waals surface area (Å²) in [5.74, 6) is -3.62.